The van der Waals surface area contributed by atoms with Crippen molar-refractivity contribution in [3.8, 4) is 16.8 Å². The normalized spacial score (nSPS) is 11.8. The van der Waals surface area contributed by atoms with E-state index in [2.05, 4.69) is 121 Å². The SMILES string of the molecule is Cc1ccc(-c2ccc3oc4ccc(-n5c6ccccc6c6ccccc65)cc4c3c2)cc1. The highest BCUT2D eigenvalue weighted by Crippen LogP contribution is 2.36. The Bertz CT molecular complexity index is 1760. The Labute approximate surface area is 191 Å². The molecule has 0 atom stereocenters. The Morgan fingerprint density at radius 1 is 0.515 bits per heavy atom. The average molecular weight is 424 g/mol. The first-order valence-corrected chi connectivity index (χ1v) is 11.3. The van der Waals surface area contributed by atoms with Crippen molar-refractivity contribution in [2.75, 3.05) is 0 Å². The summed E-state index contributed by atoms with van der Waals surface area (Å²) in [6.45, 7) is 2.12. The molecule has 7 aromatic rings. The third-order valence-electron chi connectivity index (χ3n) is 6.68. The molecule has 0 amide bonds. The molecular formula is C31H21NO. The first kappa shape index (κ1) is 18.3. The molecule has 33 heavy (non-hydrogen) atoms. The van der Waals surface area contributed by atoms with Gasteiger partial charge in [0.2, 0.25) is 0 Å². The average Bonchev–Trinajstić information content (AvgIpc) is 3.39. The topological polar surface area (TPSA) is 18.1 Å². The van der Waals surface area contributed by atoms with Gasteiger partial charge in [0.05, 0.1) is 11.0 Å². The quantitative estimate of drug-likeness (QED) is 0.272. The number of para-hydroxylation sites is 2. The molecule has 0 aliphatic heterocycles. The molecule has 0 aliphatic rings. The van der Waals surface area contributed by atoms with E-state index in [1.165, 1.54) is 38.5 Å². The van der Waals surface area contributed by atoms with Crippen LogP contribution in [0.2, 0.25) is 0 Å². The van der Waals surface area contributed by atoms with Crippen LogP contribution in [0.1, 0.15) is 5.56 Å². The fourth-order valence-corrected chi connectivity index (χ4v) is 5.03. The van der Waals surface area contributed by atoms with Gasteiger partial charge in [-0.25, -0.2) is 0 Å². The maximum Gasteiger partial charge on any atom is 0.135 e. The van der Waals surface area contributed by atoms with E-state index in [0.717, 1.165) is 27.6 Å². The van der Waals surface area contributed by atoms with Crippen LogP contribution in [-0.4, -0.2) is 4.57 Å². The molecule has 0 bridgehead atoms. The fourth-order valence-electron chi connectivity index (χ4n) is 5.03. The molecule has 0 radical (unpaired) electrons. The van der Waals surface area contributed by atoms with Gasteiger partial charge >= 0.3 is 0 Å². The standard InChI is InChI=1S/C31H21NO/c1-20-10-12-21(13-11-20)22-14-16-30-26(18-22)27-19-23(15-17-31(27)33-30)32-28-8-4-2-6-24(28)25-7-3-5-9-29(25)32/h2-19H,1H3. The van der Waals surface area contributed by atoms with Crippen LogP contribution < -0.4 is 0 Å². The molecule has 0 spiro atoms. The lowest BCUT2D eigenvalue weighted by molar-refractivity contribution is 0.669. The zero-order chi connectivity index (χ0) is 21.9. The van der Waals surface area contributed by atoms with Gasteiger partial charge in [-0.2, -0.15) is 0 Å². The summed E-state index contributed by atoms with van der Waals surface area (Å²) in [5.41, 5.74) is 9.09. The second kappa shape index (κ2) is 6.85. The van der Waals surface area contributed by atoms with Gasteiger partial charge < -0.3 is 8.98 Å². The summed E-state index contributed by atoms with van der Waals surface area (Å²) in [6, 6.07) is 38.9. The number of rotatable bonds is 2. The minimum absolute atomic E-state index is 0.913. The summed E-state index contributed by atoms with van der Waals surface area (Å²) in [5, 5.41) is 4.82. The molecule has 7 rings (SSSR count). The summed E-state index contributed by atoms with van der Waals surface area (Å²) in [4.78, 5) is 0. The molecule has 2 aromatic heterocycles. The van der Waals surface area contributed by atoms with Gasteiger partial charge in [-0.15, -0.1) is 0 Å². The van der Waals surface area contributed by atoms with Crippen LogP contribution in [0.15, 0.2) is 114 Å². The van der Waals surface area contributed by atoms with Gasteiger partial charge in [-0.3, -0.25) is 0 Å². The van der Waals surface area contributed by atoms with E-state index < -0.39 is 0 Å². The third kappa shape index (κ3) is 2.74. The van der Waals surface area contributed by atoms with Crippen molar-refractivity contribution in [1.82, 2.24) is 4.57 Å². The molecule has 0 saturated heterocycles. The van der Waals surface area contributed by atoms with E-state index in [0.29, 0.717) is 0 Å². The van der Waals surface area contributed by atoms with Crippen molar-refractivity contribution in [3.05, 3.63) is 115 Å². The summed E-state index contributed by atoms with van der Waals surface area (Å²) < 4.78 is 8.55. The van der Waals surface area contributed by atoms with Crippen molar-refractivity contribution >= 4 is 43.7 Å². The summed E-state index contributed by atoms with van der Waals surface area (Å²) >= 11 is 0. The number of nitrogens with zero attached hydrogens (tertiary/aromatic N) is 1. The molecule has 2 nitrogen and oxygen atoms in total. The molecule has 0 fully saturated rings. The number of fused-ring (bicyclic) bond motifs is 6. The predicted molar refractivity (Wildman–Crippen MR) is 138 cm³/mol. The fraction of sp³-hybridized carbons (Fsp3) is 0.0323. The van der Waals surface area contributed by atoms with E-state index >= 15 is 0 Å². The lowest BCUT2D eigenvalue weighted by Gasteiger charge is -2.08. The number of hydrogen-bond acceptors (Lipinski definition) is 1. The highest BCUT2D eigenvalue weighted by Gasteiger charge is 2.14. The minimum atomic E-state index is 0.913. The van der Waals surface area contributed by atoms with Crippen LogP contribution >= 0.6 is 0 Å². The van der Waals surface area contributed by atoms with Crippen LogP contribution in [0.5, 0.6) is 0 Å². The maximum atomic E-state index is 6.20. The number of aryl methyl sites for hydroxylation is 1. The lowest BCUT2D eigenvalue weighted by atomic mass is 10.0. The zero-order valence-corrected chi connectivity index (χ0v) is 18.2. The van der Waals surface area contributed by atoms with Gasteiger partial charge in [0, 0.05) is 27.2 Å². The molecule has 0 saturated carbocycles. The number of furan rings is 1. The molecule has 0 aliphatic carbocycles. The van der Waals surface area contributed by atoms with E-state index in [4.69, 9.17) is 4.42 Å². The molecule has 2 heterocycles. The second-order valence-electron chi connectivity index (χ2n) is 8.73. The van der Waals surface area contributed by atoms with E-state index in [9.17, 15) is 0 Å². The molecular weight excluding hydrogens is 402 g/mol. The summed E-state index contributed by atoms with van der Waals surface area (Å²) in [6.07, 6.45) is 0. The number of benzene rings is 5. The van der Waals surface area contributed by atoms with Crippen LogP contribution in [0.25, 0.3) is 60.6 Å². The van der Waals surface area contributed by atoms with Crippen LogP contribution in [0.3, 0.4) is 0 Å². The Kier molecular flexibility index (Phi) is 3.80. The van der Waals surface area contributed by atoms with Crippen molar-refractivity contribution in [3.63, 3.8) is 0 Å². The largest absolute Gasteiger partial charge is 0.456 e. The second-order valence-corrected chi connectivity index (χ2v) is 8.73. The van der Waals surface area contributed by atoms with Crippen molar-refractivity contribution < 1.29 is 4.42 Å². The number of hydrogen-bond donors (Lipinski definition) is 0. The summed E-state index contributed by atoms with van der Waals surface area (Å²) in [5.74, 6) is 0. The van der Waals surface area contributed by atoms with Gasteiger partial charge in [-0.1, -0.05) is 72.3 Å². The lowest BCUT2D eigenvalue weighted by Crippen LogP contribution is -1.93. The van der Waals surface area contributed by atoms with E-state index in [1.54, 1.807) is 0 Å². The number of aromatic nitrogens is 1. The molecule has 2 heteroatoms. The van der Waals surface area contributed by atoms with Crippen LogP contribution in [-0.2, 0) is 0 Å². The molecule has 0 unspecified atom stereocenters. The van der Waals surface area contributed by atoms with Crippen LogP contribution in [0.4, 0.5) is 0 Å². The first-order chi connectivity index (χ1) is 16.3. The van der Waals surface area contributed by atoms with Gasteiger partial charge in [-0.05, 0) is 60.5 Å². The monoisotopic (exact) mass is 423 g/mol. The zero-order valence-electron chi connectivity index (χ0n) is 18.2. The Balaban J connectivity index is 1.49. The Morgan fingerprint density at radius 3 is 1.79 bits per heavy atom. The Morgan fingerprint density at radius 2 is 1.09 bits per heavy atom. The maximum absolute atomic E-state index is 6.20. The van der Waals surface area contributed by atoms with Crippen molar-refractivity contribution in [2.24, 2.45) is 0 Å². The van der Waals surface area contributed by atoms with Crippen LogP contribution in [0, 0.1) is 6.92 Å². The van der Waals surface area contributed by atoms with Crippen molar-refractivity contribution in [1.29, 1.82) is 0 Å². The van der Waals surface area contributed by atoms with Gasteiger partial charge in [0.1, 0.15) is 11.2 Å². The minimum Gasteiger partial charge on any atom is -0.456 e. The molecule has 0 N–H and O–H groups in total. The molecule has 156 valence electrons. The smallest absolute Gasteiger partial charge is 0.135 e. The molecule has 5 aromatic carbocycles. The van der Waals surface area contributed by atoms with Gasteiger partial charge in [0.25, 0.3) is 0 Å². The highest BCUT2D eigenvalue weighted by atomic mass is 16.3. The Hall–Kier alpha value is -4.30. The van der Waals surface area contributed by atoms with E-state index in [1.807, 2.05) is 0 Å². The van der Waals surface area contributed by atoms with Gasteiger partial charge in [0.15, 0.2) is 0 Å². The van der Waals surface area contributed by atoms with Crippen molar-refractivity contribution in [2.45, 2.75) is 6.92 Å². The summed E-state index contributed by atoms with van der Waals surface area (Å²) in [7, 11) is 0. The third-order valence-corrected chi connectivity index (χ3v) is 6.68. The first-order valence-electron chi connectivity index (χ1n) is 11.3. The highest BCUT2D eigenvalue weighted by molar-refractivity contribution is 6.10. The predicted octanol–water partition coefficient (Wildman–Crippen LogP) is 8.66. The van der Waals surface area contributed by atoms with E-state index in [-0.39, 0.29) is 0 Å².